The molecule has 13 nitrogen and oxygen atoms in total. The molecule has 0 aromatic carbocycles. The number of nitrogens with zero attached hydrogens (tertiary/aromatic N) is 3. The minimum atomic E-state index is -1.45. The molecule has 0 aliphatic carbocycles. The van der Waals surface area contributed by atoms with E-state index in [1.807, 2.05) is 0 Å². The third-order valence-electron chi connectivity index (χ3n) is 2.53. The van der Waals surface area contributed by atoms with Crippen LogP contribution in [0.5, 0.6) is 0 Å². The lowest BCUT2D eigenvalue weighted by atomic mass is 10.3. The highest BCUT2D eigenvalue weighted by Crippen LogP contribution is 2.25. The Bertz CT molecular complexity index is 314. The van der Waals surface area contributed by atoms with Gasteiger partial charge in [0.05, 0.1) is 0 Å². The van der Waals surface area contributed by atoms with E-state index < -0.39 is 26.1 Å². The van der Waals surface area contributed by atoms with Gasteiger partial charge in [-0.15, -0.1) is 46.7 Å². The zero-order chi connectivity index (χ0) is 15.9. The van der Waals surface area contributed by atoms with Crippen molar-refractivity contribution < 1.29 is 24.3 Å². The van der Waals surface area contributed by atoms with Crippen molar-refractivity contribution in [3.63, 3.8) is 0 Å². The third kappa shape index (κ3) is 4.82. The van der Waals surface area contributed by atoms with Crippen LogP contribution in [0.2, 0.25) is 0 Å². The minimum absolute atomic E-state index is 1.04. The van der Waals surface area contributed by atoms with Crippen LogP contribution < -0.4 is 46.7 Å². The fourth-order valence-corrected chi connectivity index (χ4v) is 1.00. The molecule has 0 fully saturated rings. The zero-order valence-corrected chi connectivity index (χ0v) is 11.8. The molecule has 0 saturated heterocycles. The van der Waals surface area contributed by atoms with Gasteiger partial charge in [-0.25, -0.2) is 0 Å². The topological polar surface area (TPSA) is 227 Å². The maximum atomic E-state index is 5.80. The van der Waals surface area contributed by atoms with E-state index in [0.29, 0.717) is 0 Å². The van der Waals surface area contributed by atoms with Crippen molar-refractivity contribution in [1.29, 1.82) is 0 Å². The van der Waals surface area contributed by atoms with Crippen LogP contribution in [-0.2, 0) is 9.68 Å². The van der Waals surface area contributed by atoms with Crippen LogP contribution in [0.15, 0.2) is 0 Å². The predicted octanol–water partition coefficient (Wildman–Crippen LogP) is -4.24. The van der Waals surface area contributed by atoms with Crippen molar-refractivity contribution in [2.45, 2.75) is 39.1 Å². The average molecular weight is 286 g/mol. The molecule has 0 bridgehead atoms. The van der Waals surface area contributed by atoms with Crippen LogP contribution >= 0.6 is 0 Å². The van der Waals surface area contributed by atoms with E-state index in [4.69, 9.17) is 56.4 Å². The SMILES string of the molecule is CC(C)(O[N+](N)(N)C(C)(C)O[N+](N)(N)N)[N+](N)(N)N. The maximum absolute atomic E-state index is 5.80. The van der Waals surface area contributed by atoms with Crippen LogP contribution in [0.4, 0.5) is 0 Å². The first kappa shape index (κ1) is 18.5. The number of quaternary nitrogens is 3. The number of hydrogen-bond acceptors (Lipinski definition) is 10. The first-order chi connectivity index (χ1) is 7.91. The third-order valence-corrected chi connectivity index (χ3v) is 2.53. The molecule has 0 spiro atoms. The fourth-order valence-electron chi connectivity index (χ4n) is 1.00. The molecule has 0 aliphatic rings. The molecule has 0 saturated carbocycles. The monoisotopic (exact) mass is 286 g/mol. The second-order valence-corrected chi connectivity index (χ2v) is 5.38. The van der Waals surface area contributed by atoms with Gasteiger partial charge in [-0.2, -0.15) is 0 Å². The lowest BCUT2D eigenvalue weighted by Gasteiger charge is -2.42. The van der Waals surface area contributed by atoms with Crippen LogP contribution in [0.25, 0.3) is 0 Å². The summed E-state index contributed by atoms with van der Waals surface area (Å²) >= 11 is 0. The lowest BCUT2D eigenvalue weighted by molar-refractivity contribution is -1.27. The standard InChI is InChI=1S/C6H28N11O2/c1-5(2,15(7,8)9)18-16(10,11)6(3,4)19-17(12,13)14/h7-14H2,1-4H3/q+3. The van der Waals surface area contributed by atoms with E-state index in [2.05, 4.69) is 0 Å². The number of hydrogen-bond donors (Lipinski definition) is 8. The number of hydroxylamine groups is 1. The summed E-state index contributed by atoms with van der Waals surface area (Å²) < 4.78 is 0. The predicted molar refractivity (Wildman–Crippen MR) is 64.6 cm³/mol. The summed E-state index contributed by atoms with van der Waals surface area (Å²) in [5, 5.41) is 0. The van der Waals surface area contributed by atoms with Crippen LogP contribution in [0, 0.1) is 0 Å². The molecule has 0 aromatic heterocycles. The highest BCUT2D eigenvalue weighted by atomic mass is 16.9. The molecular formula is C6H28N11O2+3. The highest BCUT2D eigenvalue weighted by molar-refractivity contribution is 4.50. The normalized spacial score (nSPS) is 15.8. The van der Waals surface area contributed by atoms with Gasteiger partial charge in [0.1, 0.15) is 0 Å². The molecule has 0 aliphatic heterocycles. The first-order valence-electron chi connectivity index (χ1n) is 5.29. The van der Waals surface area contributed by atoms with Gasteiger partial charge in [-0.05, 0) is 0 Å². The van der Waals surface area contributed by atoms with E-state index >= 15 is 0 Å². The first-order valence-corrected chi connectivity index (χ1v) is 5.29. The van der Waals surface area contributed by atoms with E-state index in [0.717, 1.165) is 0 Å². The second-order valence-electron chi connectivity index (χ2n) is 5.38. The van der Waals surface area contributed by atoms with E-state index in [1.165, 1.54) is 27.7 Å². The Labute approximate surface area is 111 Å². The van der Waals surface area contributed by atoms with Gasteiger partial charge in [0.25, 0.3) is 0 Å². The average Bonchev–Trinajstić information content (AvgIpc) is 1.92. The maximum Gasteiger partial charge on any atom is 0.321 e. The molecule has 0 aromatic rings. The summed E-state index contributed by atoms with van der Waals surface area (Å²) in [7, 11) is 0. The van der Waals surface area contributed by atoms with Crippen molar-refractivity contribution >= 4 is 0 Å². The van der Waals surface area contributed by atoms with Gasteiger partial charge in [0.15, 0.2) is 0 Å². The van der Waals surface area contributed by atoms with Crippen LogP contribution in [0.1, 0.15) is 27.7 Å². The molecule has 0 radical (unpaired) electrons. The van der Waals surface area contributed by atoms with Crippen molar-refractivity contribution in [1.82, 2.24) is 0 Å². The Morgan fingerprint density at radius 2 is 1.00 bits per heavy atom. The van der Waals surface area contributed by atoms with E-state index in [-0.39, 0.29) is 0 Å². The summed E-state index contributed by atoms with van der Waals surface area (Å²) in [4.78, 5) is 6.96. The summed E-state index contributed by atoms with van der Waals surface area (Å²) in [5.41, 5.74) is -2.82. The molecule has 19 heavy (non-hydrogen) atoms. The largest absolute Gasteiger partial charge is 0.321 e. The van der Waals surface area contributed by atoms with Gasteiger partial charge < -0.3 is 0 Å². The quantitative estimate of drug-likeness (QED) is 0.101. The Balaban J connectivity index is 5.18. The lowest BCUT2D eigenvalue weighted by Crippen LogP contribution is -2.84. The van der Waals surface area contributed by atoms with Gasteiger partial charge >= 0.3 is 11.4 Å². The molecular weight excluding hydrogens is 258 g/mol. The molecule has 116 valence electrons. The fraction of sp³-hybridized carbons (Fsp3) is 1.00. The minimum Gasteiger partial charge on any atom is -0.139 e. The van der Waals surface area contributed by atoms with E-state index in [9.17, 15) is 0 Å². The van der Waals surface area contributed by atoms with Crippen LogP contribution in [-0.4, -0.2) is 26.1 Å². The number of rotatable bonds is 6. The highest BCUT2D eigenvalue weighted by Gasteiger charge is 2.57. The van der Waals surface area contributed by atoms with Gasteiger partial charge in [-0.1, -0.05) is 14.5 Å². The Hall–Kier alpha value is -0.520. The Kier molecular flexibility index (Phi) is 4.66. The van der Waals surface area contributed by atoms with Gasteiger partial charge in [0, 0.05) is 37.5 Å². The molecule has 0 unspecified atom stereocenters. The van der Waals surface area contributed by atoms with E-state index in [1.54, 1.807) is 0 Å². The smallest absolute Gasteiger partial charge is 0.139 e. The number of nitrogens with two attached hydrogens (primary N) is 8. The molecule has 16 N–H and O–H groups in total. The molecule has 0 atom stereocenters. The second kappa shape index (κ2) is 4.79. The summed E-state index contributed by atoms with van der Waals surface area (Å²) in [5.74, 6) is 44.0. The molecule has 0 heterocycles. The Morgan fingerprint density at radius 1 is 0.632 bits per heavy atom. The molecule has 0 amide bonds. The zero-order valence-electron chi connectivity index (χ0n) is 11.8. The summed E-state index contributed by atoms with van der Waals surface area (Å²) in [6, 6.07) is 0. The van der Waals surface area contributed by atoms with Crippen molar-refractivity contribution in [2.75, 3.05) is 0 Å². The summed E-state index contributed by atoms with van der Waals surface area (Å²) in [6.07, 6.45) is 0. The van der Waals surface area contributed by atoms with Gasteiger partial charge in [-0.3, -0.25) is 0 Å². The van der Waals surface area contributed by atoms with Crippen molar-refractivity contribution in [3.05, 3.63) is 0 Å². The van der Waals surface area contributed by atoms with Crippen molar-refractivity contribution in [2.24, 2.45) is 46.7 Å². The van der Waals surface area contributed by atoms with Crippen molar-refractivity contribution in [3.8, 4) is 0 Å². The molecule has 13 heteroatoms. The summed E-state index contributed by atoms with van der Waals surface area (Å²) in [6.45, 7) is 5.85. The molecule has 0 rings (SSSR count). The van der Waals surface area contributed by atoms with Crippen LogP contribution in [0.3, 0.4) is 0 Å². The van der Waals surface area contributed by atoms with Gasteiger partial charge in [0.2, 0.25) is 0 Å². The Morgan fingerprint density at radius 3 is 1.26 bits per heavy atom.